The van der Waals surface area contributed by atoms with Gasteiger partial charge in [0.1, 0.15) is 5.69 Å². The highest BCUT2D eigenvalue weighted by molar-refractivity contribution is 5.92. The molecular weight excluding hydrogens is 258 g/mol. The van der Waals surface area contributed by atoms with Gasteiger partial charge in [-0.25, -0.2) is 4.79 Å². The van der Waals surface area contributed by atoms with Crippen LogP contribution < -0.4 is 5.32 Å². The number of nitrogens with one attached hydrogen (secondary N) is 1. The average Bonchev–Trinajstić information content (AvgIpc) is 2.30. The molecular formula is C14H21N3O3. The van der Waals surface area contributed by atoms with E-state index in [1.165, 1.54) is 6.07 Å². The molecule has 0 unspecified atom stereocenters. The zero-order valence-electron chi connectivity index (χ0n) is 12.5. The normalized spacial score (nSPS) is 10.8. The van der Waals surface area contributed by atoms with E-state index in [1.54, 1.807) is 24.0 Å². The third kappa shape index (κ3) is 3.69. The van der Waals surface area contributed by atoms with E-state index in [1.807, 2.05) is 27.7 Å². The maximum atomic E-state index is 12.2. The van der Waals surface area contributed by atoms with Crippen molar-refractivity contribution in [1.82, 2.24) is 4.90 Å². The summed E-state index contributed by atoms with van der Waals surface area (Å²) in [6.45, 7) is 9.39. The SMILES string of the molecule is Cc1ccc(NC(=O)N(C(C)C)C(C)C)c([N+](=O)[O-])c1. The number of hydrogen-bond donors (Lipinski definition) is 1. The standard InChI is InChI=1S/C14H21N3O3/c1-9(2)16(10(3)4)14(18)15-12-7-6-11(5)8-13(12)17(19)20/h6-10H,1-5H3,(H,15,18). The lowest BCUT2D eigenvalue weighted by Crippen LogP contribution is -2.44. The molecule has 20 heavy (non-hydrogen) atoms. The third-order valence-corrected chi connectivity index (χ3v) is 2.94. The van der Waals surface area contributed by atoms with Gasteiger partial charge in [-0.3, -0.25) is 10.1 Å². The van der Waals surface area contributed by atoms with E-state index in [9.17, 15) is 14.9 Å². The smallest absolute Gasteiger partial charge is 0.320 e. The molecule has 0 heterocycles. The molecule has 0 radical (unpaired) electrons. The molecule has 0 saturated heterocycles. The van der Waals surface area contributed by atoms with Gasteiger partial charge in [-0.1, -0.05) is 6.07 Å². The number of rotatable bonds is 4. The van der Waals surface area contributed by atoms with Crippen molar-refractivity contribution in [2.45, 2.75) is 46.7 Å². The lowest BCUT2D eigenvalue weighted by molar-refractivity contribution is -0.384. The number of nitro groups is 1. The number of aryl methyl sites for hydroxylation is 1. The molecule has 0 saturated carbocycles. The number of hydrogen-bond acceptors (Lipinski definition) is 3. The van der Waals surface area contributed by atoms with Crippen LogP contribution in [0.5, 0.6) is 0 Å². The van der Waals surface area contributed by atoms with Crippen LogP contribution in [0.1, 0.15) is 33.3 Å². The number of benzene rings is 1. The highest BCUT2D eigenvalue weighted by Gasteiger charge is 2.23. The molecule has 0 atom stereocenters. The Hall–Kier alpha value is -2.11. The summed E-state index contributed by atoms with van der Waals surface area (Å²) in [5, 5.41) is 13.7. The molecule has 0 bridgehead atoms. The molecule has 110 valence electrons. The molecule has 6 heteroatoms. The second kappa shape index (κ2) is 6.36. The average molecular weight is 279 g/mol. The molecule has 0 aliphatic carbocycles. The maximum Gasteiger partial charge on any atom is 0.322 e. The van der Waals surface area contributed by atoms with Gasteiger partial charge in [-0.05, 0) is 46.2 Å². The van der Waals surface area contributed by atoms with Crippen molar-refractivity contribution < 1.29 is 9.72 Å². The van der Waals surface area contributed by atoms with E-state index in [0.29, 0.717) is 0 Å². The van der Waals surface area contributed by atoms with Crippen molar-refractivity contribution in [2.24, 2.45) is 0 Å². The topological polar surface area (TPSA) is 75.5 Å². The van der Waals surface area contributed by atoms with Crippen molar-refractivity contribution in [2.75, 3.05) is 5.32 Å². The lowest BCUT2D eigenvalue weighted by atomic mass is 10.2. The monoisotopic (exact) mass is 279 g/mol. The van der Waals surface area contributed by atoms with Crippen molar-refractivity contribution in [3.63, 3.8) is 0 Å². The first-order valence-corrected chi connectivity index (χ1v) is 6.58. The van der Waals surface area contributed by atoms with Crippen LogP contribution in [0, 0.1) is 17.0 Å². The fourth-order valence-corrected chi connectivity index (χ4v) is 2.14. The number of carbonyl (C=O) groups excluding carboxylic acids is 1. The van der Waals surface area contributed by atoms with Gasteiger partial charge >= 0.3 is 6.03 Å². The largest absolute Gasteiger partial charge is 0.322 e. The molecule has 0 aliphatic heterocycles. The number of amides is 2. The Labute approximate surface area is 118 Å². The summed E-state index contributed by atoms with van der Waals surface area (Å²) in [6.07, 6.45) is 0. The van der Waals surface area contributed by atoms with Gasteiger partial charge in [0.25, 0.3) is 5.69 Å². The van der Waals surface area contributed by atoms with Crippen LogP contribution >= 0.6 is 0 Å². The maximum absolute atomic E-state index is 12.2. The predicted molar refractivity (Wildman–Crippen MR) is 79.0 cm³/mol. The molecule has 0 aromatic heterocycles. The van der Waals surface area contributed by atoms with Gasteiger partial charge in [0.05, 0.1) is 4.92 Å². The lowest BCUT2D eigenvalue weighted by Gasteiger charge is -2.30. The number of carbonyl (C=O) groups is 1. The van der Waals surface area contributed by atoms with E-state index < -0.39 is 4.92 Å². The highest BCUT2D eigenvalue weighted by atomic mass is 16.6. The third-order valence-electron chi connectivity index (χ3n) is 2.94. The molecule has 0 fully saturated rings. The summed E-state index contributed by atoms with van der Waals surface area (Å²) in [7, 11) is 0. The number of nitro benzene ring substituents is 1. The van der Waals surface area contributed by atoms with Gasteiger partial charge < -0.3 is 10.2 Å². The van der Waals surface area contributed by atoms with Gasteiger partial charge in [0.2, 0.25) is 0 Å². The second-order valence-corrected chi connectivity index (χ2v) is 5.30. The predicted octanol–water partition coefficient (Wildman–Crippen LogP) is 3.55. The van der Waals surface area contributed by atoms with Crippen LogP contribution in [-0.2, 0) is 0 Å². The van der Waals surface area contributed by atoms with Crippen LogP contribution in [0.4, 0.5) is 16.2 Å². The van der Waals surface area contributed by atoms with E-state index >= 15 is 0 Å². The molecule has 0 spiro atoms. The number of nitrogens with zero attached hydrogens (tertiary/aromatic N) is 2. The summed E-state index contributed by atoms with van der Waals surface area (Å²) < 4.78 is 0. The quantitative estimate of drug-likeness (QED) is 0.676. The number of urea groups is 1. The molecule has 6 nitrogen and oxygen atoms in total. The molecule has 0 aliphatic rings. The minimum Gasteiger partial charge on any atom is -0.320 e. The van der Waals surface area contributed by atoms with E-state index in [4.69, 9.17) is 0 Å². The van der Waals surface area contributed by atoms with E-state index in [-0.39, 0.29) is 29.5 Å². The van der Waals surface area contributed by atoms with Crippen LogP contribution in [0.25, 0.3) is 0 Å². The van der Waals surface area contributed by atoms with Gasteiger partial charge in [0, 0.05) is 18.2 Å². The fourth-order valence-electron chi connectivity index (χ4n) is 2.14. The Morgan fingerprint density at radius 2 is 1.80 bits per heavy atom. The van der Waals surface area contributed by atoms with Crippen LogP contribution in [-0.4, -0.2) is 27.9 Å². The number of anilines is 1. The molecule has 1 aromatic rings. The Morgan fingerprint density at radius 3 is 2.25 bits per heavy atom. The van der Waals surface area contributed by atoms with E-state index in [2.05, 4.69) is 5.32 Å². The van der Waals surface area contributed by atoms with E-state index in [0.717, 1.165) is 5.56 Å². The van der Waals surface area contributed by atoms with Crippen LogP contribution in [0.2, 0.25) is 0 Å². The Morgan fingerprint density at radius 1 is 1.25 bits per heavy atom. The zero-order chi connectivity index (χ0) is 15.4. The van der Waals surface area contributed by atoms with Crippen molar-refractivity contribution in [3.05, 3.63) is 33.9 Å². The molecule has 1 N–H and O–H groups in total. The van der Waals surface area contributed by atoms with Crippen molar-refractivity contribution in [3.8, 4) is 0 Å². The van der Waals surface area contributed by atoms with Crippen molar-refractivity contribution in [1.29, 1.82) is 0 Å². The van der Waals surface area contributed by atoms with Crippen molar-refractivity contribution >= 4 is 17.4 Å². The first-order valence-electron chi connectivity index (χ1n) is 6.58. The summed E-state index contributed by atoms with van der Waals surface area (Å²) >= 11 is 0. The van der Waals surface area contributed by atoms with Gasteiger partial charge in [0.15, 0.2) is 0 Å². The first-order chi connectivity index (χ1) is 9.23. The van der Waals surface area contributed by atoms with Crippen LogP contribution in [0.15, 0.2) is 18.2 Å². The minimum atomic E-state index is -0.488. The minimum absolute atomic E-state index is 0.0134. The molecule has 2 amide bonds. The summed E-state index contributed by atoms with van der Waals surface area (Å²) in [5.41, 5.74) is 0.905. The van der Waals surface area contributed by atoms with Gasteiger partial charge in [-0.2, -0.15) is 0 Å². The summed E-state index contributed by atoms with van der Waals surface area (Å²) in [4.78, 5) is 24.4. The highest BCUT2D eigenvalue weighted by Crippen LogP contribution is 2.26. The Balaban J connectivity index is 3.04. The second-order valence-electron chi connectivity index (χ2n) is 5.30. The Bertz CT molecular complexity index is 504. The first kappa shape index (κ1) is 15.9. The zero-order valence-corrected chi connectivity index (χ0v) is 12.5. The summed E-state index contributed by atoms with van der Waals surface area (Å²) in [6, 6.07) is 4.44. The Kier molecular flexibility index (Phi) is 5.07. The molecule has 1 rings (SSSR count). The van der Waals surface area contributed by atoms with Gasteiger partial charge in [-0.15, -0.1) is 0 Å². The molecule has 1 aromatic carbocycles. The van der Waals surface area contributed by atoms with Crippen LogP contribution in [0.3, 0.4) is 0 Å². The summed E-state index contributed by atoms with van der Waals surface area (Å²) in [5.74, 6) is 0. The fraction of sp³-hybridized carbons (Fsp3) is 0.500.